The van der Waals surface area contributed by atoms with E-state index in [1.54, 1.807) is 24.3 Å². The van der Waals surface area contributed by atoms with Crippen LogP contribution in [0.5, 0.6) is 0 Å². The molecule has 0 saturated heterocycles. The van der Waals surface area contributed by atoms with Gasteiger partial charge in [0, 0.05) is 14.1 Å². The second-order valence-corrected chi connectivity index (χ2v) is 4.46. The summed E-state index contributed by atoms with van der Waals surface area (Å²) in [7, 11) is 3.37. The zero-order valence-electron chi connectivity index (χ0n) is 11.7. The fourth-order valence-electron chi connectivity index (χ4n) is 1.74. The number of nitrogens with zero attached hydrogens (tertiary/aromatic N) is 1. The smallest absolute Gasteiger partial charge is 0.277 e. The van der Waals surface area contributed by atoms with Crippen LogP contribution >= 0.6 is 0 Å². The molecule has 0 aromatic heterocycles. The highest BCUT2D eigenvalue weighted by atomic mass is 16.2. The average molecular weight is 264 g/mol. The van der Waals surface area contributed by atoms with Crippen LogP contribution in [-0.2, 0) is 9.59 Å². The maximum Gasteiger partial charge on any atom is 0.277 e. The number of likely N-dealkylation sites (N-methyl/N-ethyl adjacent to an activating group) is 2. The molecule has 0 saturated carbocycles. The van der Waals surface area contributed by atoms with E-state index >= 15 is 0 Å². The van der Waals surface area contributed by atoms with Crippen LogP contribution in [0.25, 0.3) is 0 Å². The molecule has 1 atom stereocenters. The molecule has 0 aliphatic carbocycles. The van der Waals surface area contributed by atoms with E-state index < -0.39 is 0 Å². The lowest BCUT2D eigenvalue weighted by Gasteiger charge is -2.24. The van der Waals surface area contributed by atoms with Gasteiger partial charge in [-0.1, -0.05) is 30.3 Å². The third-order valence-corrected chi connectivity index (χ3v) is 3.18. The van der Waals surface area contributed by atoms with E-state index in [9.17, 15) is 9.59 Å². The van der Waals surface area contributed by atoms with Crippen LogP contribution in [0.3, 0.4) is 0 Å². The highest BCUT2D eigenvalue weighted by molar-refractivity contribution is 5.78. The molecule has 1 aromatic rings. The zero-order valence-corrected chi connectivity index (χ0v) is 11.7. The molecule has 0 unspecified atom stereocenters. The Labute approximate surface area is 114 Å². The van der Waals surface area contributed by atoms with Gasteiger partial charge in [0.25, 0.3) is 11.8 Å². The summed E-state index contributed by atoms with van der Waals surface area (Å²) in [4.78, 5) is 24.7. The average Bonchev–Trinajstić information content (AvgIpc) is 2.46. The number of carbonyl (C=O) groups excluding carboxylic acids is 2. The lowest BCUT2D eigenvalue weighted by Crippen LogP contribution is -2.88. The fourth-order valence-corrected chi connectivity index (χ4v) is 1.74. The van der Waals surface area contributed by atoms with Gasteiger partial charge >= 0.3 is 0 Å². The number of amides is 2. The maximum atomic E-state index is 12.0. The van der Waals surface area contributed by atoms with Gasteiger partial charge in [0.05, 0.1) is 6.04 Å². The molecule has 0 spiro atoms. The number of hydrogen-bond donors (Lipinski definition) is 2. The Morgan fingerprint density at radius 1 is 1.26 bits per heavy atom. The summed E-state index contributed by atoms with van der Waals surface area (Å²) in [5.74, 6) is -0.0631. The summed E-state index contributed by atoms with van der Waals surface area (Å²) >= 11 is 0. The van der Waals surface area contributed by atoms with Crippen molar-refractivity contribution in [3.63, 3.8) is 0 Å². The number of carbonyl (C=O) groups is 2. The first-order valence-electron chi connectivity index (χ1n) is 6.39. The largest absolute Gasteiger partial charge is 0.354 e. The molecular weight excluding hydrogens is 242 g/mol. The summed E-state index contributed by atoms with van der Waals surface area (Å²) in [6, 6.07) is 9.91. The Hall–Kier alpha value is -1.88. The first-order valence-corrected chi connectivity index (χ1v) is 6.39. The number of hydrogen-bond acceptors (Lipinski definition) is 2. The van der Waals surface area contributed by atoms with Crippen molar-refractivity contribution in [1.82, 2.24) is 10.2 Å². The second-order valence-electron chi connectivity index (χ2n) is 4.46. The molecule has 5 heteroatoms. The zero-order chi connectivity index (χ0) is 14.3. The minimum atomic E-state index is -0.0773. The van der Waals surface area contributed by atoms with E-state index in [0.29, 0.717) is 0 Å². The van der Waals surface area contributed by atoms with Crippen LogP contribution in [-0.4, -0.2) is 43.9 Å². The molecule has 0 aliphatic heterocycles. The SMILES string of the molecule is CNC(=O)C[NH2+]CC(=O)N(C)[C@@H](C)c1ccccc1. The molecule has 5 nitrogen and oxygen atoms in total. The van der Waals surface area contributed by atoms with Crippen molar-refractivity contribution < 1.29 is 14.9 Å². The lowest BCUT2D eigenvalue weighted by molar-refractivity contribution is -0.633. The highest BCUT2D eigenvalue weighted by Crippen LogP contribution is 2.17. The monoisotopic (exact) mass is 264 g/mol. The molecule has 19 heavy (non-hydrogen) atoms. The van der Waals surface area contributed by atoms with Gasteiger partial charge < -0.3 is 15.5 Å². The minimum Gasteiger partial charge on any atom is -0.354 e. The summed E-state index contributed by atoms with van der Waals surface area (Å²) in [6.45, 7) is 2.54. The Balaban J connectivity index is 2.46. The van der Waals surface area contributed by atoms with Gasteiger partial charge in [0.1, 0.15) is 0 Å². The molecule has 1 aromatic carbocycles. The molecule has 0 bridgehead atoms. The van der Waals surface area contributed by atoms with E-state index in [0.717, 1.165) is 5.56 Å². The Kier molecular flexibility index (Phi) is 6.02. The number of nitrogens with two attached hydrogens (primary N) is 1. The summed E-state index contributed by atoms with van der Waals surface area (Å²) in [5, 5.41) is 4.23. The predicted octanol–water partition coefficient (Wildman–Crippen LogP) is -0.485. The Morgan fingerprint density at radius 2 is 1.89 bits per heavy atom. The highest BCUT2D eigenvalue weighted by Gasteiger charge is 2.18. The van der Waals surface area contributed by atoms with Crippen molar-refractivity contribution in [2.24, 2.45) is 0 Å². The Morgan fingerprint density at radius 3 is 2.47 bits per heavy atom. The van der Waals surface area contributed by atoms with Gasteiger partial charge in [-0.2, -0.15) is 0 Å². The number of benzene rings is 1. The van der Waals surface area contributed by atoms with Crippen LogP contribution < -0.4 is 10.6 Å². The molecule has 1 rings (SSSR count). The molecular formula is C14H22N3O2+. The summed E-state index contributed by atoms with van der Waals surface area (Å²) < 4.78 is 0. The maximum absolute atomic E-state index is 12.0. The molecule has 0 radical (unpaired) electrons. The van der Waals surface area contributed by atoms with Crippen molar-refractivity contribution in [2.75, 3.05) is 27.2 Å². The minimum absolute atomic E-state index is 0.0141. The van der Waals surface area contributed by atoms with Crippen molar-refractivity contribution in [3.8, 4) is 0 Å². The third kappa shape index (κ3) is 4.71. The second kappa shape index (κ2) is 7.53. The topological polar surface area (TPSA) is 66.0 Å². The van der Waals surface area contributed by atoms with E-state index in [-0.39, 0.29) is 30.9 Å². The van der Waals surface area contributed by atoms with Crippen molar-refractivity contribution in [2.45, 2.75) is 13.0 Å². The number of quaternary nitrogens is 1. The lowest BCUT2D eigenvalue weighted by atomic mass is 10.1. The molecule has 2 amide bonds. The van der Waals surface area contributed by atoms with Gasteiger partial charge in [0.15, 0.2) is 13.1 Å². The van der Waals surface area contributed by atoms with Crippen LogP contribution in [0.1, 0.15) is 18.5 Å². The quantitative estimate of drug-likeness (QED) is 0.728. The molecule has 3 N–H and O–H groups in total. The molecule has 0 fully saturated rings. The normalized spacial score (nSPS) is 11.7. The van der Waals surface area contributed by atoms with E-state index in [1.165, 1.54) is 0 Å². The van der Waals surface area contributed by atoms with Crippen molar-refractivity contribution in [1.29, 1.82) is 0 Å². The molecule has 0 aliphatic rings. The van der Waals surface area contributed by atoms with Crippen molar-refractivity contribution >= 4 is 11.8 Å². The number of nitrogens with one attached hydrogen (secondary N) is 1. The molecule has 104 valence electrons. The van der Waals surface area contributed by atoms with Crippen LogP contribution in [0.2, 0.25) is 0 Å². The van der Waals surface area contributed by atoms with Crippen LogP contribution in [0, 0.1) is 0 Å². The summed E-state index contributed by atoms with van der Waals surface area (Å²) in [6.07, 6.45) is 0. The summed E-state index contributed by atoms with van der Waals surface area (Å²) in [5.41, 5.74) is 1.10. The van der Waals surface area contributed by atoms with Gasteiger partial charge in [-0.15, -0.1) is 0 Å². The van der Waals surface area contributed by atoms with Gasteiger partial charge in [-0.05, 0) is 12.5 Å². The predicted molar refractivity (Wildman–Crippen MR) is 73.4 cm³/mol. The van der Waals surface area contributed by atoms with Crippen molar-refractivity contribution in [3.05, 3.63) is 35.9 Å². The van der Waals surface area contributed by atoms with E-state index in [1.807, 2.05) is 37.3 Å². The third-order valence-electron chi connectivity index (χ3n) is 3.18. The van der Waals surface area contributed by atoms with Gasteiger partial charge in [-0.3, -0.25) is 9.59 Å². The molecule has 0 heterocycles. The van der Waals surface area contributed by atoms with Gasteiger partial charge in [-0.25, -0.2) is 0 Å². The van der Waals surface area contributed by atoms with E-state index in [4.69, 9.17) is 0 Å². The van der Waals surface area contributed by atoms with Gasteiger partial charge in [0.2, 0.25) is 0 Å². The van der Waals surface area contributed by atoms with Crippen LogP contribution in [0.4, 0.5) is 0 Å². The standard InChI is InChI=1S/C14H21N3O2/c1-11(12-7-5-4-6-8-12)17(3)14(19)10-16-9-13(18)15-2/h4-8,11,16H,9-10H2,1-3H3,(H,15,18)/p+1/t11-/m0/s1. The first kappa shape index (κ1) is 15.2. The Bertz CT molecular complexity index is 420. The fraction of sp³-hybridized carbons (Fsp3) is 0.429. The first-order chi connectivity index (χ1) is 9.06. The van der Waals surface area contributed by atoms with E-state index in [2.05, 4.69) is 5.32 Å². The van der Waals surface area contributed by atoms with Crippen LogP contribution in [0.15, 0.2) is 30.3 Å². The number of rotatable bonds is 6.